The summed E-state index contributed by atoms with van der Waals surface area (Å²) in [7, 11) is -2.06. The van der Waals surface area contributed by atoms with Gasteiger partial charge in [-0.3, -0.25) is 5.26 Å². The van der Waals surface area contributed by atoms with Gasteiger partial charge in [-0.2, -0.15) is 0 Å². The fourth-order valence-electron chi connectivity index (χ4n) is 0. The summed E-state index contributed by atoms with van der Waals surface area (Å²) in [6.07, 6.45) is 0. The van der Waals surface area contributed by atoms with Crippen LogP contribution in [0.2, 0.25) is 0 Å². The monoisotopic (exact) mass is 258 g/mol. The van der Waals surface area contributed by atoms with E-state index in [9.17, 15) is 0 Å². The van der Waals surface area contributed by atoms with E-state index in [-0.39, 0.29) is 54.8 Å². The van der Waals surface area contributed by atoms with E-state index in [1.807, 2.05) is 0 Å². The predicted molar refractivity (Wildman–Crippen MR) is 50.0 cm³/mol. The van der Waals surface area contributed by atoms with E-state index < -0.39 is 7.32 Å². The summed E-state index contributed by atoms with van der Waals surface area (Å²) in [5, 5.41) is 22.0. The zero-order valence-electron chi connectivity index (χ0n) is 7.33. The zero-order valence-corrected chi connectivity index (χ0v) is 7.33. The van der Waals surface area contributed by atoms with Gasteiger partial charge in [0.15, 0.2) is 0 Å². The molecule has 0 aliphatic rings. The van der Waals surface area contributed by atoms with Gasteiger partial charge in [0.05, 0.1) is 0 Å². The molecule has 0 radical (unpaired) electrons. The highest BCUT2D eigenvalue weighted by molar-refractivity contribution is 6.32. The molecule has 14 nitrogen and oxygen atoms in total. The first kappa shape index (κ1) is 215. The molecule has 0 saturated carbocycles. The van der Waals surface area contributed by atoms with E-state index in [0.29, 0.717) is 0 Å². The Kier molecular flexibility index (Phi) is 2470. The molecule has 0 heterocycles. The smallest absolute Gasteiger partial charge is 0.412 e. The molecule has 15 heavy (non-hydrogen) atoms. The van der Waals surface area contributed by atoms with Crippen LogP contribution in [0.5, 0.6) is 0 Å². The Morgan fingerprint density at radius 2 is 0.600 bits per heavy atom. The van der Waals surface area contributed by atoms with Gasteiger partial charge >= 0.3 is 7.32 Å². The Morgan fingerprint density at radius 1 is 0.533 bits per heavy atom. The lowest BCUT2D eigenvalue weighted by molar-refractivity contribution is -0.173. The highest BCUT2D eigenvalue weighted by Crippen LogP contribution is 1.58. The molecule has 0 aliphatic heterocycles. The van der Waals surface area contributed by atoms with Crippen molar-refractivity contribution in [2.75, 3.05) is 0 Å². The molecule has 0 spiro atoms. The third-order valence-electron chi connectivity index (χ3n) is 0.0943. The van der Waals surface area contributed by atoms with Crippen molar-refractivity contribution in [2.45, 2.75) is 0 Å². The standard InChI is InChI=1S/BH3O4.10H2O/c2-1(3)5-4;;;;;;;;;;/h2-4H;10*1H2. The molecule has 0 aromatic heterocycles. The summed E-state index contributed by atoms with van der Waals surface area (Å²) in [5.74, 6) is 0. The van der Waals surface area contributed by atoms with Crippen molar-refractivity contribution in [3.63, 3.8) is 0 Å². The van der Waals surface area contributed by atoms with Crippen molar-refractivity contribution < 1.29 is 74.9 Å². The lowest BCUT2D eigenvalue weighted by Crippen LogP contribution is -2.13. The molecule has 23 N–H and O–H groups in total. The maximum absolute atomic E-state index is 7.44. The summed E-state index contributed by atoms with van der Waals surface area (Å²) in [5.41, 5.74) is 0. The minimum atomic E-state index is -2.06. The second-order valence-electron chi connectivity index (χ2n) is 0.432. The Hall–Kier alpha value is -0.495. The molecule has 0 unspecified atom stereocenters. The Balaban J connectivity index is -0.00000000178. The molecule has 0 aromatic carbocycles. The molecule has 0 amide bonds. The molecule has 0 aromatic rings. The average molecular weight is 258 g/mol. The van der Waals surface area contributed by atoms with Crippen molar-refractivity contribution in [1.82, 2.24) is 0 Å². The minimum Gasteiger partial charge on any atom is -0.412 e. The van der Waals surface area contributed by atoms with Crippen LogP contribution in [-0.2, 0) is 4.81 Å². The Morgan fingerprint density at radius 3 is 0.600 bits per heavy atom. The maximum Gasteiger partial charge on any atom is 0.662 e. The predicted octanol–water partition coefficient (Wildman–Crippen LogP) is -9.80. The largest absolute Gasteiger partial charge is 0.662 e. The topological polar surface area (TPSA) is 385 Å². The molecular weight excluding hydrogens is 235 g/mol. The molecule has 0 fully saturated rings. The van der Waals surface area contributed by atoms with Crippen molar-refractivity contribution in [3.8, 4) is 0 Å². The fourth-order valence-corrected chi connectivity index (χ4v) is 0. The van der Waals surface area contributed by atoms with Crippen molar-refractivity contribution in [2.24, 2.45) is 0 Å². The first-order valence-corrected chi connectivity index (χ1v) is 0.935. The van der Waals surface area contributed by atoms with Crippen LogP contribution in [0, 0.1) is 0 Å². The lowest BCUT2D eigenvalue weighted by Gasteiger charge is -1.82. The normalized spacial score (nSPS) is 2.60. The maximum atomic E-state index is 7.44. The Bertz CT molecular complexity index is 19.3. The van der Waals surface area contributed by atoms with E-state index in [1.54, 1.807) is 0 Å². The minimum absolute atomic E-state index is 0. The van der Waals surface area contributed by atoms with E-state index in [1.165, 1.54) is 0 Å². The number of rotatable bonds is 1. The summed E-state index contributed by atoms with van der Waals surface area (Å²) in [4.78, 5) is 2.86. The molecule has 110 valence electrons. The van der Waals surface area contributed by atoms with E-state index >= 15 is 0 Å². The van der Waals surface area contributed by atoms with Crippen LogP contribution in [-0.4, -0.2) is 77.4 Å². The van der Waals surface area contributed by atoms with Crippen molar-refractivity contribution >= 4 is 7.32 Å². The highest BCUT2D eigenvalue weighted by Gasteiger charge is 2.03. The van der Waals surface area contributed by atoms with Crippen LogP contribution in [0.25, 0.3) is 0 Å². The first-order valence-electron chi connectivity index (χ1n) is 0.935. The summed E-state index contributed by atoms with van der Waals surface area (Å²) in [6, 6.07) is 0. The molecule has 0 aliphatic carbocycles. The Labute approximate surface area is 83.5 Å². The quantitative estimate of drug-likeness (QED) is 0.233. The van der Waals surface area contributed by atoms with Crippen LogP contribution in [0.1, 0.15) is 0 Å². The van der Waals surface area contributed by atoms with Gasteiger partial charge in [0.2, 0.25) is 0 Å². The molecular formula is H23BO14. The van der Waals surface area contributed by atoms with Gasteiger partial charge in [0.1, 0.15) is 0 Å². The molecule has 0 atom stereocenters. The average Bonchev–Trinajstić information content (AvgIpc) is 1.38. The van der Waals surface area contributed by atoms with Crippen LogP contribution in [0.3, 0.4) is 0 Å². The second kappa shape index (κ2) is 172. The summed E-state index contributed by atoms with van der Waals surface area (Å²) < 4.78 is 0. The van der Waals surface area contributed by atoms with E-state index in [4.69, 9.17) is 15.3 Å². The number of hydrogen-bond donors (Lipinski definition) is 3. The summed E-state index contributed by atoms with van der Waals surface area (Å²) >= 11 is 0. The third kappa shape index (κ3) is 789. The molecule has 0 rings (SSSR count). The van der Waals surface area contributed by atoms with Crippen LogP contribution in [0.4, 0.5) is 0 Å². The van der Waals surface area contributed by atoms with Gasteiger partial charge in [0, 0.05) is 0 Å². The van der Waals surface area contributed by atoms with Crippen LogP contribution >= 0.6 is 0 Å². The summed E-state index contributed by atoms with van der Waals surface area (Å²) in [6.45, 7) is 0. The molecule has 15 heteroatoms. The van der Waals surface area contributed by atoms with Gasteiger partial charge in [-0.05, 0) is 0 Å². The number of hydrogen-bond acceptors (Lipinski definition) is 4. The van der Waals surface area contributed by atoms with Crippen LogP contribution < -0.4 is 0 Å². The third-order valence-corrected chi connectivity index (χ3v) is 0.0943. The van der Waals surface area contributed by atoms with Crippen molar-refractivity contribution in [1.29, 1.82) is 0 Å². The van der Waals surface area contributed by atoms with E-state index in [0.717, 1.165) is 0 Å². The van der Waals surface area contributed by atoms with Gasteiger partial charge < -0.3 is 64.8 Å². The zero-order chi connectivity index (χ0) is 4.28. The molecule has 0 bridgehead atoms. The highest BCUT2D eigenvalue weighted by atomic mass is 17.1. The van der Waals surface area contributed by atoms with Gasteiger partial charge in [-0.25, -0.2) is 4.81 Å². The molecule has 0 saturated heterocycles. The SMILES string of the molecule is O.O.O.O.O.O.O.O.O.O.OOB(O)O. The van der Waals surface area contributed by atoms with Gasteiger partial charge in [0.25, 0.3) is 0 Å². The first-order chi connectivity index (χ1) is 2.27. The van der Waals surface area contributed by atoms with Crippen LogP contribution in [0.15, 0.2) is 0 Å². The van der Waals surface area contributed by atoms with Gasteiger partial charge in [-0.15, -0.1) is 0 Å². The second-order valence-corrected chi connectivity index (χ2v) is 0.432. The van der Waals surface area contributed by atoms with Gasteiger partial charge in [-0.1, -0.05) is 0 Å². The lowest BCUT2D eigenvalue weighted by atomic mass is 10.3. The van der Waals surface area contributed by atoms with Crippen molar-refractivity contribution in [3.05, 3.63) is 0 Å². The van der Waals surface area contributed by atoms with E-state index in [2.05, 4.69) is 4.81 Å². The fraction of sp³-hybridized carbons (Fsp3) is 0.